The first-order chi connectivity index (χ1) is 10.1. The fraction of sp³-hybridized carbons (Fsp3) is 0.294. The number of benzene rings is 2. The van der Waals surface area contributed by atoms with Crippen molar-refractivity contribution in [3.05, 3.63) is 63.1 Å². The van der Waals surface area contributed by atoms with Crippen molar-refractivity contribution >= 4 is 23.2 Å². The number of halogens is 2. The lowest BCUT2D eigenvalue weighted by molar-refractivity contribution is 0.411. The summed E-state index contributed by atoms with van der Waals surface area (Å²) in [6.45, 7) is 4.96. The predicted molar refractivity (Wildman–Crippen MR) is 89.7 cm³/mol. The van der Waals surface area contributed by atoms with E-state index < -0.39 is 0 Å². The summed E-state index contributed by atoms with van der Waals surface area (Å²) in [5.74, 6) is 0.885. The molecule has 0 aromatic heterocycles. The van der Waals surface area contributed by atoms with Gasteiger partial charge in [-0.25, -0.2) is 0 Å². The van der Waals surface area contributed by atoms with E-state index in [0.717, 1.165) is 29.0 Å². The Morgan fingerprint density at radius 2 is 1.90 bits per heavy atom. The fourth-order valence-electron chi connectivity index (χ4n) is 2.43. The highest BCUT2D eigenvalue weighted by molar-refractivity contribution is 6.35. The maximum atomic E-state index is 6.36. The van der Waals surface area contributed by atoms with Gasteiger partial charge in [0.1, 0.15) is 5.75 Å². The van der Waals surface area contributed by atoms with Gasteiger partial charge in [-0.15, -0.1) is 0 Å². The normalized spacial score (nSPS) is 12.2. The van der Waals surface area contributed by atoms with Gasteiger partial charge in [-0.3, -0.25) is 0 Å². The second-order valence-electron chi connectivity index (χ2n) is 4.89. The molecule has 2 aromatic carbocycles. The topological polar surface area (TPSA) is 21.3 Å². The van der Waals surface area contributed by atoms with Crippen molar-refractivity contribution < 1.29 is 4.74 Å². The van der Waals surface area contributed by atoms with Gasteiger partial charge in [0, 0.05) is 10.0 Å². The smallest absolute Gasteiger partial charge is 0.121 e. The van der Waals surface area contributed by atoms with Crippen LogP contribution in [0.1, 0.15) is 29.7 Å². The third-order valence-corrected chi connectivity index (χ3v) is 4.00. The summed E-state index contributed by atoms with van der Waals surface area (Å²) in [5, 5.41) is 4.78. The quantitative estimate of drug-likeness (QED) is 0.835. The Kier molecular flexibility index (Phi) is 5.51. The molecular formula is C17H19Cl2NO. The SMILES string of the molecule is CCNC(c1ccc(OC)c(C)c1)c1ccc(Cl)cc1Cl. The molecule has 21 heavy (non-hydrogen) atoms. The molecule has 4 heteroatoms. The molecule has 0 aliphatic carbocycles. The summed E-state index contributed by atoms with van der Waals surface area (Å²) < 4.78 is 5.32. The Morgan fingerprint density at radius 3 is 2.48 bits per heavy atom. The van der Waals surface area contributed by atoms with Crippen LogP contribution in [0, 0.1) is 6.92 Å². The van der Waals surface area contributed by atoms with Crippen LogP contribution in [-0.4, -0.2) is 13.7 Å². The molecule has 1 N–H and O–H groups in total. The summed E-state index contributed by atoms with van der Waals surface area (Å²) in [4.78, 5) is 0. The maximum absolute atomic E-state index is 6.36. The number of methoxy groups -OCH3 is 1. The average Bonchev–Trinajstić information content (AvgIpc) is 2.45. The highest BCUT2D eigenvalue weighted by Crippen LogP contribution is 2.32. The largest absolute Gasteiger partial charge is 0.496 e. The molecule has 1 unspecified atom stereocenters. The van der Waals surface area contributed by atoms with E-state index in [1.807, 2.05) is 25.1 Å². The van der Waals surface area contributed by atoms with Crippen LogP contribution in [-0.2, 0) is 0 Å². The van der Waals surface area contributed by atoms with E-state index in [1.54, 1.807) is 13.2 Å². The third kappa shape index (κ3) is 3.70. The van der Waals surface area contributed by atoms with Gasteiger partial charge in [-0.05, 0) is 48.4 Å². The summed E-state index contributed by atoms with van der Waals surface area (Å²) >= 11 is 12.3. The second kappa shape index (κ2) is 7.17. The molecule has 0 radical (unpaired) electrons. The molecule has 2 nitrogen and oxygen atoms in total. The number of ether oxygens (including phenoxy) is 1. The van der Waals surface area contributed by atoms with Gasteiger partial charge in [0.05, 0.1) is 13.2 Å². The Bertz CT molecular complexity index is 628. The van der Waals surface area contributed by atoms with E-state index in [0.29, 0.717) is 10.0 Å². The van der Waals surface area contributed by atoms with Crippen molar-refractivity contribution in [2.45, 2.75) is 19.9 Å². The fourth-order valence-corrected chi connectivity index (χ4v) is 2.95. The van der Waals surface area contributed by atoms with Gasteiger partial charge in [0.15, 0.2) is 0 Å². The Morgan fingerprint density at radius 1 is 1.14 bits per heavy atom. The minimum Gasteiger partial charge on any atom is -0.496 e. The van der Waals surface area contributed by atoms with E-state index in [2.05, 4.69) is 24.4 Å². The minimum atomic E-state index is 0.0318. The lowest BCUT2D eigenvalue weighted by Gasteiger charge is -2.21. The van der Waals surface area contributed by atoms with E-state index in [9.17, 15) is 0 Å². The molecule has 0 saturated heterocycles. The molecule has 0 aliphatic heterocycles. The first kappa shape index (κ1) is 16.2. The average molecular weight is 324 g/mol. The number of rotatable bonds is 5. The lowest BCUT2D eigenvalue weighted by Crippen LogP contribution is -2.22. The number of nitrogens with one attached hydrogen (secondary N) is 1. The molecule has 0 heterocycles. The summed E-state index contributed by atoms with van der Waals surface area (Å²) in [7, 11) is 1.68. The number of hydrogen-bond donors (Lipinski definition) is 1. The standard InChI is InChI=1S/C17H19Cl2NO/c1-4-20-17(14-7-6-13(18)10-15(14)19)12-5-8-16(21-3)11(2)9-12/h5-10,17,20H,4H2,1-3H3. The van der Waals surface area contributed by atoms with Gasteiger partial charge in [0.2, 0.25) is 0 Å². The molecule has 1 atom stereocenters. The minimum absolute atomic E-state index is 0.0318. The molecule has 0 aliphatic rings. The molecule has 0 amide bonds. The van der Waals surface area contributed by atoms with Crippen LogP contribution < -0.4 is 10.1 Å². The van der Waals surface area contributed by atoms with Crippen LogP contribution in [0.15, 0.2) is 36.4 Å². The number of hydrogen-bond acceptors (Lipinski definition) is 2. The molecule has 2 aromatic rings. The van der Waals surface area contributed by atoms with Crippen molar-refractivity contribution in [2.75, 3.05) is 13.7 Å². The molecule has 0 spiro atoms. The zero-order chi connectivity index (χ0) is 15.4. The van der Waals surface area contributed by atoms with Crippen LogP contribution in [0.4, 0.5) is 0 Å². The van der Waals surface area contributed by atoms with Gasteiger partial charge in [-0.1, -0.05) is 48.3 Å². The molecular weight excluding hydrogens is 305 g/mol. The highest BCUT2D eigenvalue weighted by atomic mass is 35.5. The third-order valence-electron chi connectivity index (χ3n) is 3.43. The Balaban J connectivity index is 2.45. The van der Waals surface area contributed by atoms with E-state index in [4.69, 9.17) is 27.9 Å². The van der Waals surface area contributed by atoms with Crippen molar-refractivity contribution in [3.63, 3.8) is 0 Å². The first-order valence-corrected chi connectivity index (χ1v) is 7.65. The van der Waals surface area contributed by atoms with Crippen LogP contribution in [0.5, 0.6) is 5.75 Å². The van der Waals surface area contributed by atoms with Gasteiger partial charge < -0.3 is 10.1 Å². The van der Waals surface area contributed by atoms with Gasteiger partial charge in [0.25, 0.3) is 0 Å². The zero-order valence-electron chi connectivity index (χ0n) is 12.4. The molecule has 0 saturated carbocycles. The van der Waals surface area contributed by atoms with Crippen LogP contribution in [0.3, 0.4) is 0 Å². The zero-order valence-corrected chi connectivity index (χ0v) is 13.9. The van der Waals surface area contributed by atoms with Crippen LogP contribution in [0.2, 0.25) is 10.0 Å². The van der Waals surface area contributed by atoms with Crippen molar-refractivity contribution in [2.24, 2.45) is 0 Å². The van der Waals surface area contributed by atoms with Gasteiger partial charge >= 0.3 is 0 Å². The second-order valence-corrected chi connectivity index (χ2v) is 5.73. The van der Waals surface area contributed by atoms with Crippen molar-refractivity contribution in [3.8, 4) is 5.75 Å². The van der Waals surface area contributed by atoms with Gasteiger partial charge in [-0.2, -0.15) is 0 Å². The van der Waals surface area contributed by atoms with Crippen molar-refractivity contribution in [1.82, 2.24) is 5.32 Å². The first-order valence-electron chi connectivity index (χ1n) is 6.89. The molecule has 2 rings (SSSR count). The monoisotopic (exact) mass is 323 g/mol. The van der Waals surface area contributed by atoms with E-state index in [1.165, 1.54) is 0 Å². The Labute approximate surface area is 136 Å². The Hall–Kier alpha value is -1.22. The molecule has 112 valence electrons. The summed E-state index contributed by atoms with van der Waals surface area (Å²) in [6.07, 6.45) is 0. The van der Waals surface area contributed by atoms with E-state index >= 15 is 0 Å². The highest BCUT2D eigenvalue weighted by Gasteiger charge is 2.17. The van der Waals surface area contributed by atoms with Crippen LogP contribution in [0.25, 0.3) is 0 Å². The molecule has 0 fully saturated rings. The predicted octanol–water partition coefficient (Wildman–Crippen LogP) is 5.01. The number of aryl methyl sites for hydroxylation is 1. The van der Waals surface area contributed by atoms with E-state index in [-0.39, 0.29) is 6.04 Å². The maximum Gasteiger partial charge on any atom is 0.121 e. The van der Waals surface area contributed by atoms with Crippen LogP contribution >= 0.6 is 23.2 Å². The lowest BCUT2D eigenvalue weighted by atomic mass is 9.97. The van der Waals surface area contributed by atoms with Crippen molar-refractivity contribution in [1.29, 1.82) is 0 Å². The molecule has 0 bridgehead atoms. The summed E-state index contributed by atoms with van der Waals surface area (Å²) in [6, 6.07) is 11.8. The summed E-state index contributed by atoms with van der Waals surface area (Å²) in [5.41, 5.74) is 3.27.